The second kappa shape index (κ2) is 9.54. The van der Waals surface area contributed by atoms with E-state index < -0.39 is 0 Å². The van der Waals surface area contributed by atoms with Crippen molar-refractivity contribution in [2.45, 2.75) is 6.61 Å². The van der Waals surface area contributed by atoms with Crippen molar-refractivity contribution in [3.05, 3.63) is 119 Å². The zero-order chi connectivity index (χ0) is 23.3. The topological polar surface area (TPSA) is 68.1 Å². The Morgan fingerprint density at radius 3 is 2.56 bits per heavy atom. The summed E-state index contributed by atoms with van der Waals surface area (Å²) in [6.07, 6.45) is 3.38. The van der Waals surface area contributed by atoms with Crippen molar-refractivity contribution < 1.29 is 13.9 Å². The van der Waals surface area contributed by atoms with Gasteiger partial charge in [-0.3, -0.25) is 10.4 Å². The van der Waals surface area contributed by atoms with Gasteiger partial charge in [0.05, 0.1) is 12.8 Å². The Bertz CT molecular complexity index is 1370. The van der Waals surface area contributed by atoms with Crippen LogP contribution < -0.4 is 14.9 Å². The predicted molar refractivity (Wildman–Crippen MR) is 129 cm³/mol. The molecular formula is C27H21FN4O2. The van der Waals surface area contributed by atoms with Gasteiger partial charge < -0.3 is 9.47 Å². The van der Waals surface area contributed by atoms with Crippen LogP contribution in [-0.2, 0) is 6.61 Å². The van der Waals surface area contributed by atoms with Crippen LogP contribution in [0.3, 0.4) is 0 Å². The lowest BCUT2D eigenvalue weighted by atomic mass is 10.00. The number of pyridine rings is 1. The molecule has 4 aromatic rings. The van der Waals surface area contributed by atoms with Crippen LogP contribution in [0.25, 0.3) is 0 Å². The molecule has 1 aliphatic rings. The first-order chi connectivity index (χ1) is 16.7. The maximum Gasteiger partial charge on any atom is 0.161 e. The van der Waals surface area contributed by atoms with Crippen molar-refractivity contribution in [1.82, 2.24) is 10.4 Å². The molecule has 0 aliphatic carbocycles. The number of hydrogen-bond acceptors (Lipinski definition) is 6. The van der Waals surface area contributed by atoms with Crippen LogP contribution >= 0.6 is 0 Å². The summed E-state index contributed by atoms with van der Waals surface area (Å²) in [5.74, 6) is 1.29. The first-order valence-corrected chi connectivity index (χ1v) is 10.7. The van der Waals surface area contributed by atoms with E-state index >= 15 is 0 Å². The fourth-order valence-corrected chi connectivity index (χ4v) is 3.63. The summed E-state index contributed by atoms with van der Waals surface area (Å²) in [6, 6.07) is 23.6. The summed E-state index contributed by atoms with van der Waals surface area (Å²) in [6.45, 7) is 0.412. The number of ether oxygens (including phenoxy) is 2. The standard InChI is InChI=1S/C27H21FN4O2/c1-33-25-14-19(9-12-24(25)34-17-18-6-3-2-4-7-18)26-22-15-21(28)10-11-23(22)30-27(32-31-26)20-8-5-13-29-16-20/h2-16H,17H2,1H3,(H,30,32). The molecule has 1 aromatic heterocycles. The van der Waals surface area contributed by atoms with E-state index in [2.05, 4.69) is 20.5 Å². The molecule has 0 bridgehead atoms. The lowest BCUT2D eigenvalue weighted by Crippen LogP contribution is -2.19. The Morgan fingerprint density at radius 1 is 0.882 bits per heavy atom. The van der Waals surface area contributed by atoms with E-state index in [4.69, 9.17) is 9.47 Å². The largest absolute Gasteiger partial charge is 0.493 e. The Balaban J connectivity index is 1.50. The van der Waals surface area contributed by atoms with E-state index in [1.807, 2.05) is 60.7 Å². The maximum absolute atomic E-state index is 14.2. The van der Waals surface area contributed by atoms with Crippen molar-refractivity contribution >= 4 is 17.2 Å². The van der Waals surface area contributed by atoms with Gasteiger partial charge in [0.1, 0.15) is 18.1 Å². The molecule has 7 heteroatoms. The van der Waals surface area contributed by atoms with E-state index in [-0.39, 0.29) is 5.82 Å². The summed E-state index contributed by atoms with van der Waals surface area (Å²) in [5.41, 5.74) is 7.25. The summed E-state index contributed by atoms with van der Waals surface area (Å²) in [5, 5.41) is 4.58. The molecule has 0 spiro atoms. The molecule has 1 aliphatic heterocycles. The van der Waals surface area contributed by atoms with Crippen LogP contribution in [0.5, 0.6) is 11.5 Å². The van der Waals surface area contributed by atoms with E-state index in [1.54, 1.807) is 25.6 Å². The summed E-state index contributed by atoms with van der Waals surface area (Å²) in [7, 11) is 1.58. The smallest absolute Gasteiger partial charge is 0.161 e. The molecule has 6 nitrogen and oxygen atoms in total. The van der Waals surface area contributed by atoms with Gasteiger partial charge in [-0.2, -0.15) is 5.10 Å². The number of rotatable bonds is 6. The quantitative estimate of drug-likeness (QED) is 0.434. The first-order valence-electron chi connectivity index (χ1n) is 10.7. The van der Waals surface area contributed by atoms with Crippen LogP contribution in [0.2, 0.25) is 0 Å². The number of halogens is 1. The molecule has 0 saturated carbocycles. The van der Waals surface area contributed by atoms with E-state index in [1.165, 1.54) is 12.1 Å². The minimum absolute atomic E-state index is 0.374. The minimum Gasteiger partial charge on any atom is -0.493 e. The second-order valence-electron chi connectivity index (χ2n) is 7.58. The Morgan fingerprint density at radius 2 is 1.76 bits per heavy atom. The average Bonchev–Trinajstić information content (AvgIpc) is 3.08. The highest BCUT2D eigenvalue weighted by molar-refractivity contribution is 6.18. The summed E-state index contributed by atoms with van der Waals surface area (Å²) >= 11 is 0. The number of benzene rings is 3. The Labute approximate surface area is 196 Å². The molecule has 0 atom stereocenters. The fourth-order valence-electron chi connectivity index (χ4n) is 3.63. The van der Waals surface area contributed by atoms with Gasteiger partial charge in [-0.15, -0.1) is 0 Å². The van der Waals surface area contributed by atoms with Gasteiger partial charge in [-0.1, -0.05) is 30.3 Å². The van der Waals surface area contributed by atoms with Gasteiger partial charge in [0.25, 0.3) is 0 Å². The van der Waals surface area contributed by atoms with Crippen molar-refractivity contribution in [1.29, 1.82) is 0 Å². The monoisotopic (exact) mass is 452 g/mol. The van der Waals surface area contributed by atoms with E-state index in [9.17, 15) is 4.39 Å². The highest BCUT2D eigenvalue weighted by Crippen LogP contribution is 2.32. The Hall–Kier alpha value is -4.52. The zero-order valence-electron chi connectivity index (χ0n) is 18.4. The van der Waals surface area contributed by atoms with Crippen LogP contribution in [0, 0.1) is 5.82 Å². The van der Waals surface area contributed by atoms with Crippen LogP contribution in [0.4, 0.5) is 10.1 Å². The van der Waals surface area contributed by atoms with Crippen LogP contribution in [0.15, 0.2) is 101 Å². The maximum atomic E-state index is 14.2. The number of methoxy groups -OCH3 is 1. The van der Waals surface area contributed by atoms with Gasteiger partial charge in [0, 0.05) is 29.1 Å². The minimum atomic E-state index is -0.374. The normalized spacial score (nSPS) is 12.5. The van der Waals surface area contributed by atoms with Crippen molar-refractivity contribution in [3.63, 3.8) is 0 Å². The predicted octanol–water partition coefficient (Wildman–Crippen LogP) is 5.24. The number of nitrogens with zero attached hydrogens (tertiary/aromatic N) is 3. The molecule has 2 heterocycles. The van der Waals surface area contributed by atoms with Crippen LogP contribution in [0.1, 0.15) is 22.3 Å². The summed E-state index contributed by atoms with van der Waals surface area (Å²) < 4.78 is 25.8. The molecule has 3 aromatic carbocycles. The molecule has 34 heavy (non-hydrogen) atoms. The number of aliphatic imine (C=N–C) groups is 1. The van der Waals surface area contributed by atoms with Crippen LogP contribution in [-0.4, -0.2) is 23.6 Å². The van der Waals surface area contributed by atoms with Gasteiger partial charge >= 0.3 is 0 Å². The third-order valence-corrected chi connectivity index (χ3v) is 5.33. The number of fused-ring (bicyclic) bond motifs is 1. The van der Waals surface area contributed by atoms with Gasteiger partial charge in [-0.25, -0.2) is 9.38 Å². The molecule has 5 rings (SSSR count). The molecule has 168 valence electrons. The molecule has 0 amide bonds. The third kappa shape index (κ3) is 4.49. The molecule has 0 unspecified atom stereocenters. The second-order valence-corrected chi connectivity index (χ2v) is 7.58. The number of aromatic nitrogens is 1. The molecule has 1 N–H and O–H groups in total. The van der Waals surface area contributed by atoms with Gasteiger partial charge in [0.2, 0.25) is 0 Å². The number of nitrogens with one attached hydrogen (secondary N) is 1. The first kappa shape index (κ1) is 21.3. The average molecular weight is 452 g/mol. The highest BCUT2D eigenvalue weighted by atomic mass is 19.1. The van der Waals surface area contributed by atoms with Gasteiger partial charge in [0.15, 0.2) is 17.3 Å². The van der Waals surface area contributed by atoms with Gasteiger partial charge in [-0.05, 0) is 54.1 Å². The van der Waals surface area contributed by atoms with Crippen molar-refractivity contribution in [2.75, 3.05) is 7.11 Å². The van der Waals surface area contributed by atoms with E-state index in [0.717, 1.165) is 16.7 Å². The Kier molecular flexibility index (Phi) is 5.99. The SMILES string of the molecule is COc1cc(C2=NNC(c3cccnc3)=Nc3ccc(F)cc32)ccc1OCc1ccccc1. The molecule has 0 radical (unpaired) electrons. The van der Waals surface area contributed by atoms with E-state index in [0.29, 0.717) is 40.9 Å². The highest BCUT2D eigenvalue weighted by Gasteiger charge is 2.20. The molecule has 0 fully saturated rings. The lowest BCUT2D eigenvalue weighted by molar-refractivity contribution is 0.284. The zero-order valence-corrected chi connectivity index (χ0v) is 18.4. The van der Waals surface area contributed by atoms with Crippen molar-refractivity contribution in [2.24, 2.45) is 10.1 Å². The number of hydrazone groups is 1. The third-order valence-electron chi connectivity index (χ3n) is 5.33. The number of amidine groups is 1. The molecule has 0 saturated heterocycles. The fraction of sp³-hybridized carbons (Fsp3) is 0.0741. The summed E-state index contributed by atoms with van der Waals surface area (Å²) in [4.78, 5) is 8.83. The molecular weight excluding hydrogens is 431 g/mol. The lowest BCUT2D eigenvalue weighted by Gasteiger charge is -2.14. The van der Waals surface area contributed by atoms with Crippen molar-refractivity contribution in [3.8, 4) is 11.5 Å². The number of hydrogen-bond donors (Lipinski definition) is 1.